The molecule has 3 aromatic carbocycles. The molecule has 0 fully saturated rings. The number of ether oxygens (including phenoxy) is 2. The number of nitrogens with one attached hydrogen (secondary N) is 1. The van der Waals surface area contributed by atoms with Gasteiger partial charge in [0.2, 0.25) is 5.95 Å². The number of hydrogen-bond acceptors (Lipinski definition) is 6. The van der Waals surface area contributed by atoms with Gasteiger partial charge in [0.05, 0.1) is 31.6 Å². The molecule has 1 heterocycles. The van der Waals surface area contributed by atoms with Gasteiger partial charge in [-0.1, -0.05) is 46.3 Å². The molecule has 4 rings (SSSR count). The minimum atomic E-state index is 0.417. The lowest BCUT2D eigenvalue weighted by molar-refractivity contribution is 0.355. The molecule has 0 aliphatic carbocycles. The molecule has 0 amide bonds. The van der Waals surface area contributed by atoms with Crippen molar-refractivity contribution in [3.05, 3.63) is 76.8 Å². The third kappa shape index (κ3) is 4.26. The first-order chi connectivity index (χ1) is 14.7. The van der Waals surface area contributed by atoms with E-state index in [9.17, 15) is 0 Å². The van der Waals surface area contributed by atoms with Crippen LogP contribution in [0.25, 0.3) is 22.2 Å². The molecule has 0 atom stereocenters. The van der Waals surface area contributed by atoms with Gasteiger partial charge < -0.3 is 9.47 Å². The summed E-state index contributed by atoms with van der Waals surface area (Å²) in [4.78, 5) is 9.30. The van der Waals surface area contributed by atoms with Crippen LogP contribution in [0.2, 0.25) is 0 Å². The topological polar surface area (TPSA) is 68.6 Å². The normalized spacial score (nSPS) is 11.0. The molecule has 0 radical (unpaired) electrons. The van der Waals surface area contributed by atoms with E-state index in [0.717, 1.165) is 32.2 Å². The lowest BCUT2D eigenvalue weighted by atomic mass is 10.1. The summed E-state index contributed by atoms with van der Waals surface area (Å²) in [5.41, 5.74) is 6.47. The van der Waals surface area contributed by atoms with Crippen molar-refractivity contribution in [1.82, 2.24) is 9.97 Å². The Bertz CT molecular complexity index is 1210. The minimum absolute atomic E-state index is 0.417. The first-order valence-corrected chi connectivity index (χ1v) is 10.0. The highest BCUT2D eigenvalue weighted by atomic mass is 79.9. The quantitative estimate of drug-likeness (QED) is 0.301. The number of aromatic nitrogens is 2. The fourth-order valence-electron chi connectivity index (χ4n) is 3.06. The highest BCUT2D eigenvalue weighted by molar-refractivity contribution is 9.10. The number of anilines is 1. The van der Waals surface area contributed by atoms with E-state index in [1.165, 1.54) is 0 Å². The monoisotopic (exact) mass is 462 g/mol. The van der Waals surface area contributed by atoms with E-state index in [-0.39, 0.29) is 0 Å². The fourth-order valence-corrected chi connectivity index (χ4v) is 3.43. The molecule has 0 saturated heterocycles. The van der Waals surface area contributed by atoms with Gasteiger partial charge in [-0.15, -0.1) is 0 Å². The molecule has 6 nitrogen and oxygen atoms in total. The number of fused-ring (bicyclic) bond motifs is 1. The number of hydrazone groups is 1. The summed E-state index contributed by atoms with van der Waals surface area (Å²) < 4.78 is 11.6. The number of halogens is 1. The Morgan fingerprint density at radius 1 is 0.900 bits per heavy atom. The Morgan fingerprint density at radius 3 is 2.47 bits per heavy atom. The van der Waals surface area contributed by atoms with Crippen LogP contribution in [0.4, 0.5) is 5.95 Å². The second kappa shape index (κ2) is 8.92. The second-order valence-electron chi connectivity index (χ2n) is 6.41. The second-order valence-corrected chi connectivity index (χ2v) is 7.32. The van der Waals surface area contributed by atoms with Crippen molar-refractivity contribution in [3.8, 4) is 22.8 Å². The SMILES string of the molecule is COc1ccc(/C=N\Nc2nc(-c3ccccc3)c3cc(Br)ccc3n2)cc1OC. The van der Waals surface area contributed by atoms with E-state index < -0.39 is 0 Å². The summed E-state index contributed by atoms with van der Waals surface area (Å²) in [6.45, 7) is 0. The van der Waals surface area contributed by atoms with Crippen LogP contribution in [0.15, 0.2) is 76.3 Å². The Kier molecular flexibility index (Phi) is 5.90. The first kappa shape index (κ1) is 19.8. The molecular weight excluding hydrogens is 444 g/mol. The van der Waals surface area contributed by atoms with Crippen molar-refractivity contribution >= 4 is 39.0 Å². The van der Waals surface area contributed by atoms with Crippen molar-refractivity contribution in [3.63, 3.8) is 0 Å². The smallest absolute Gasteiger partial charge is 0.244 e. The first-order valence-electron chi connectivity index (χ1n) is 9.22. The van der Waals surface area contributed by atoms with Gasteiger partial charge in [0.1, 0.15) is 0 Å². The molecule has 4 aromatic rings. The Balaban J connectivity index is 1.67. The van der Waals surface area contributed by atoms with Crippen LogP contribution >= 0.6 is 15.9 Å². The molecule has 7 heteroatoms. The number of benzene rings is 3. The molecule has 0 aliphatic rings. The highest BCUT2D eigenvalue weighted by Crippen LogP contribution is 2.30. The number of rotatable bonds is 6. The molecule has 0 unspecified atom stereocenters. The largest absolute Gasteiger partial charge is 0.493 e. The lowest BCUT2D eigenvalue weighted by Gasteiger charge is -2.09. The minimum Gasteiger partial charge on any atom is -0.493 e. The zero-order valence-electron chi connectivity index (χ0n) is 16.5. The Morgan fingerprint density at radius 2 is 1.70 bits per heavy atom. The van der Waals surface area contributed by atoms with Gasteiger partial charge in [-0.3, -0.25) is 0 Å². The van der Waals surface area contributed by atoms with Crippen molar-refractivity contribution in [2.24, 2.45) is 5.10 Å². The van der Waals surface area contributed by atoms with Crippen LogP contribution in [0, 0.1) is 0 Å². The number of hydrogen-bond donors (Lipinski definition) is 1. The molecule has 0 saturated carbocycles. The third-order valence-corrected chi connectivity index (χ3v) is 4.98. The van der Waals surface area contributed by atoms with E-state index in [1.54, 1.807) is 20.4 Å². The fraction of sp³-hybridized carbons (Fsp3) is 0.0870. The van der Waals surface area contributed by atoms with Crippen LogP contribution in [0.3, 0.4) is 0 Å². The van der Waals surface area contributed by atoms with Gasteiger partial charge in [-0.25, -0.2) is 15.4 Å². The Hall–Kier alpha value is -3.45. The van der Waals surface area contributed by atoms with E-state index >= 15 is 0 Å². The lowest BCUT2D eigenvalue weighted by Crippen LogP contribution is -2.00. The van der Waals surface area contributed by atoms with E-state index in [2.05, 4.69) is 31.4 Å². The summed E-state index contributed by atoms with van der Waals surface area (Å²) in [5.74, 6) is 1.72. The zero-order chi connectivity index (χ0) is 20.9. The summed E-state index contributed by atoms with van der Waals surface area (Å²) in [7, 11) is 3.20. The predicted octanol–water partition coefficient (Wildman–Crippen LogP) is 5.52. The third-order valence-electron chi connectivity index (χ3n) is 4.49. The highest BCUT2D eigenvalue weighted by Gasteiger charge is 2.10. The van der Waals surface area contributed by atoms with Gasteiger partial charge in [-0.2, -0.15) is 5.10 Å². The Labute approximate surface area is 182 Å². The average molecular weight is 463 g/mol. The summed E-state index contributed by atoms with van der Waals surface area (Å²) in [5, 5.41) is 5.26. The maximum absolute atomic E-state index is 5.33. The molecule has 1 aromatic heterocycles. The van der Waals surface area contributed by atoms with Gasteiger partial charge >= 0.3 is 0 Å². The van der Waals surface area contributed by atoms with Crippen molar-refractivity contribution in [2.75, 3.05) is 19.6 Å². The molecule has 30 heavy (non-hydrogen) atoms. The van der Waals surface area contributed by atoms with Crippen LogP contribution in [0.5, 0.6) is 11.5 Å². The van der Waals surface area contributed by atoms with E-state index in [1.807, 2.05) is 66.7 Å². The molecule has 150 valence electrons. The van der Waals surface area contributed by atoms with Gasteiger partial charge in [-0.05, 0) is 42.0 Å². The molecule has 0 spiro atoms. The van der Waals surface area contributed by atoms with Gasteiger partial charge in [0.25, 0.3) is 0 Å². The predicted molar refractivity (Wildman–Crippen MR) is 123 cm³/mol. The summed E-state index contributed by atoms with van der Waals surface area (Å²) in [6, 6.07) is 21.5. The van der Waals surface area contributed by atoms with Crippen molar-refractivity contribution in [2.45, 2.75) is 0 Å². The number of nitrogens with zero attached hydrogens (tertiary/aromatic N) is 3. The van der Waals surface area contributed by atoms with Crippen molar-refractivity contribution < 1.29 is 9.47 Å². The molecule has 0 aliphatic heterocycles. The molecule has 0 bridgehead atoms. The average Bonchev–Trinajstić information content (AvgIpc) is 2.79. The standard InChI is InChI=1S/C23H19BrN4O2/c1-29-20-11-8-15(12-21(20)30-2)14-25-28-23-26-19-10-9-17(24)13-18(19)22(27-23)16-6-4-3-5-7-16/h3-14H,1-2H3,(H,26,27,28)/b25-14-. The maximum atomic E-state index is 5.33. The van der Waals surface area contributed by atoms with Crippen LogP contribution in [-0.2, 0) is 0 Å². The zero-order valence-corrected chi connectivity index (χ0v) is 18.1. The number of methoxy groups -OCH3 is 2. The van der Waals surface area contributed by atoms with Gasteiger partial charge in [0, 0.05) is 15.4 Å². The summed E-state index contributed by atoms with van der Waals surface area (Å²) in [6.07, 6.45) is 1.68. The van der Waals surface area contributed by atoms with Crippen molar-refractivity contribution in [1.29, 1.82) is 0 Å². The maximum Gasteiger partial charge on any atom is 0.244 e. The summed E-state index contributed by atoms with van der Waals surface area (Å²) >= 11 is 3.53. The van der Waals surface area contributed by atoms with Crippen LogP contribution in [-0.4, -0.2) is 30.4 Å². The van der Waals surface area contributed by atoms with Crippen LogP contribution < -0.4 is 14.9 Å². The molecular formula is C23H19BrN4O2. The van der Waals surface area contributed by atoms with E-state index in [0.29, 0.717) is 17.4 Å². The van der Waals surface area contributed by atoms with Crippen LogP contribution in [0.1, 0.15) is 5.56 Å². The van der Waals surface area contributed by atoms with E-state index in [4.69, 9.17) is 14.5 Å². The molecule has 1 N–H and O–H groups in total. The van der Waals surface area contributed by atoms with Gasteiger partial charge in [0.15, 0.2) is 11.5 Å².